The van der Waals surface area contributed by atoms with Crippen LogP contribution in [0, 0.1) is 0 Å². The Morgan fingerprint density at radius 1 is 1.00 bits per heavy atom. The lowest BCUT2D eigenvalue weighted by Crippen LogP contribution is -2.54. The zero-order valence-electron chi connectivity index (χ0n) is 9.34. The molecule has 0 rings (SSSR count). The zero-order valence-corrected chi connectivity index (χ0v) is 12.8. The van der Waals surface area contributed by atoms with Crippen molar-refractivity contribution in [2.75, 3.05) is 14.2 Å². The molecule has 0 unspecified atom stereocenters. The van der Waals surface area contributed by atoms with Crippen molar-refractivity contribution in [3.05, 3.63) is 0 Å². The van der Waals surface area contributed by atoms with E-state index in [1.807, 2.05) is 6.55 Å². The zero-order chi connectivity index (χ0) is 10.5. The highest BCUT2D eigenvalue weighted by molar-refractivity contribution is 6.79. The maximum atomic E-state index is 5.81. The minimum absolute atomic E-state index is 0.572. The summed E-state index contributed by atoms with van der Waals surface area (Å²) in [5.74, 6) is 0. The normalized spacial score (nSPS) is 14.3. The van der Waals surface area contributed by atoms with Gasteiger partial charge in [-0.05, 0) is 19.6 Å². The molecule has 0 aromatic carbocycles. The first-order valence-electron chi connectivity index (χ1n) is 4.33. The fraction of sp³-hybridized carbons (Fsp3) is 1.00. The lowest BCUT2D eigenvalue weighted by Gasteiger charge is -2.31. The standard InChI is InChI=1S/C6H20O4Si3/c1-7-13(8-2,9-11-3)10-12(4,5)6/h11H2,1-6H3. The van der Waals surface area contributed by atoms with E-state index >= 15 is 0 Å². The van der Waals surface area contributed by atoms with Crippen LogP contribution >= 0.6 is 0 Å². The van der Waals surface area contributed by atoms with Gasteiger partial charge in [-0.1, -0.05) is 6.55 Å². The molecule has 7 heteroatoms. The average molecular weight is 240 g/mol. The topological polar surface area (TPSA) is 36.9 Å². The minimum Gasteiger partial charge on any atom is -0.400 e. The Morgan fingerprint density at radius 2 is 1.46 bits per heavy atom. The summed E-state index contributed by atoms with van der Waals surface area (Å²) >= 11 is 0. The Balaban J connectivity index is 4.38. The fourth-order valence-corrected chi connectivity index (χ4v) is 7.82. The van der Waals surface area contributed by atoms with Crippen molar-refractivity contribution in [1.29, 1.82) is 0 Å². The van der Waals surface area contributed by atoms with Crippen molar-refractivity contribution >= 4 is 27.1 Å². The summed E-state index contributed by atoms with van der Waals surface area (Å²) in [6.07, 6.45) is 0. The van der Waals surface area contributed by atoms with Crippen LogP contribution < -0.4 is 0 Å². The molecule has 0 bridgehead atoms. The van der Waals surface area contributed by atoms with Crippen LogP contribution in [0.4, 0.5) is 0 Å². The van der Waals surface area contributed by atoms with Gasteiger partial charge >= 0.3 is 9.05 Å². The summed E-state index contributed by atoms with van der Waals surface area (Å²) in [6, 6.07) is 0. The lowest BCUT2D eigenvalue weighted by atomic mass is 11.8. The second-order valence-corrected chi connectivity index (χ2v) is 12.1. The molecule has 0 spiro atoms. The van der Waals surface area contributed by atoms with E-state index in [9.17, 15) is 0 Å². The Labute approximate surface area is 85.1 Å². The Bertz CT molecular complexity index is 143. The smallest absolute Gasteiger partial charge is 0.400 e. The summed E-state index contributed by atoms with van der Waals surface area (Å²) in [5, 5.41) is 0. The second kappa shape index (κ2) is 5.39. The molecular formula is C6H20O4Si3. The van der Waals surface area contributed by atoms with Crippen LogP contribution in [0.15, 0.2) is 0 Å². The van der Waals surface area contributed by atoms with Gasteiger partial charge in [0.2, 0.25) is 0 Å². The summed E-state index contributed by atoms with van der Waals surface area (Å²) < 4.78 is 21.9. The van der Waals surface area contributed by atoms with E-state index in [0.29, 0.717) is 0 Å². The summed E-state index contributed by atoms with van der Waals surface area (Å²) in [5.41, 5.74) is 0. The van der Waals surface area contributed by atoms with Gasteiger partial charge in [-0.15, -0.1) is 0 Å². The largest absolute Gasteiger partial charge is 0.657 e. The van der Waals surface area contributed by atoms with Crippen molar-refractivity contribution in [2.24, 2.45) is 0 Å². The second-order valence-electron chi connectivity index (χ2n) is 3.56. The molecular weight excluding hydrogens is 220 g/mol. The van der Waals surface area contributed by atoms with Crippen LogP contribution in [0.1, 0.15) is 0 Å². The molecule has 4 nitrogen and oxygen atoms in total. The van der Waals surface area contributed by atoms with Crippen LogP contribution in [-0.4, -0.2) is 41.3 Å². The maximum absolute atomic E-state index is 5.81. The third-order valence-corrected chi connectivity index (χ3v) is 8.27. The number of hydrogen-bond acceptors (Lipinski definition) is 4. The molecule has 0 amide bonds. The Hall–Kier alpha value is 0.491. The van der Waals surface area contributed by atoms with Gasteiger partial charge in [-0.2, -0.15) is 0 Å². The summed E-state index contributed by atoms with van der Waals surface area (Å²) in [4.78, 5) is 0. The molecule has 0 aromatic heterocycles. The van der Waals surface area contributed by atoms with Crippen molar-refractivity contribution in [3.8, 4) is 0 Å². The van der Waals surface area contributed by atoms with E-state index < -0.39 is 27.1 Å². The third kappa shape index (κ3) is 5.05. The van der Waals surface area contributed by atoms with Crippen molar-refractivity contribution in [2.45, 2.75) is 26.2 Å². The molecule has 0 aliphatic heterocycles. The van der Waals surface area contributed by atoms with Crippen LogP contribution in [0.2, 0.25) is 26.2 Å². The van der Waals surface area contributed by atoms with E-state index in [1.165, 1.54) is 0 Å². The first-order valence-corrected chi connectivity index (χ1v) is 11.4. The molecule has 0 radical (unpaired) electrons. The fourth-order valence-electron chi connectivity index (χ4n) is 0.866. The maximum Gasteiger partial charge on any atom is 0.657 e. The molecule has 0 saturated heterocycles. The quantitative estimate of drug-likeness (QED) is 0.641. The van der Waals surface area contributed by atoms with Crippen LogP contribution in [-0.2, 0) is 17.1 Å². The highest BCUT2D eigenvalue weighted by atomic mass is 28.5. The van der Waals surface area contributed by atoms with Crippen LogP contribution in [0.5, 0.6) is 0 Å². The average Bonchev–Trinajstić information content (AvgIpc) is 2.01. The molecule has 0 heterocycles. The first kappa shape index (κ1) is 13.5. The van der Waals surface area contributed by atoms with E-state index in [1.54, 1.807) is 14.2 Å². The van der Waals surface area contributed by atoms with Gasteiger partial charge in [0.1, 0.15) is 0 Å². The van der Waals surface area contributed by atoms with Gasteiger partial charge in [-0.25, -0.2) is 0 Å². The van der Waals surface area contributed by atoms with Gasteiger partial charge in [-0.3, -0.25) is 0 Å². The third-order valence-electron chi connectivity index (χ3n) is 1.25. The number of hydrogen-bond donors (Lipinski definition) is 0. The SMILES string of the molecule is CO[Si](OC)(O[SiH2]C)O[Si](C)(C)C. The first-order chi connectivity index (χ1) is 5.89. The summed E-state index contributed by atoms with van der Waals surface area (Å²) in [6.45, 7) is 8.31. The van der Waals surface area contributed by atoms with E-state index in [4.69, 9.17) is 17.1 Å². The molecule has 13 heavy (non-hydrogen) atoms. The van der Waals surface area contributed by atoms with Gasteiger partial charge in [0.05, 0.1) is 0 Å². The van der Waals surface area contributed by atoms with Gasteiger partial charge in [0.25, 0.3) is 0 Å². The molecule has 0 aliphatic rings. The molecule has 0 N–H and O–H groups in total. The van der Waals surface area contributed by atoms with Crippen LogP contribution in [0.25, 0.3) is 0 Å². The molecule has 0 saturated carbocycles. The van der Waals surface area contributed by atoms with E-state index in [2.05, 4.69) is 19.6 Å². The molecule has 0 aliphatic carbocycles. The monoisotopic (exact) mass is 240 g/mol. The van der Waals surface area contributed by atoms with E-state index in [-0.39, 0.29) is 0 Å². The van der Waals surface area contributed by atoms with Gasteiger partial charge in [0.15, 0.2) is 18.1 Å². The predicted molar refractivity (Wildman–Crippen MR) is 59.7 cm³/mol. The molecule has 0 atom stereocenters. The minimum atomic E-state index is -2.76. The van der Waals surface area contributed by atoms with Crippen molar-refractivity contribution in [3.63, 3.8) is 0 Å². The van der Waals surface area contributed by atoms with Crippen molar-refractivity contribution in [1.82, 2.24) is 0 Å². The van der Waals surface area contributed by atoms with Gasteiger partial charge < -0.3 is 17.1 Å². The predicted octanol–water partition coefficient (Wildman–Crippen LogP) is 0.715. The number of rotatable bonds is 6. The molecule has 0 aromatic rings. The molecule has 0 fully saturated rings. The highest BCUT2D eigenvalue weighted by Crippen LogP contribution is 2.16. The van der Waals surface area contributed by atoms with Crippen LogP contribution in [0.3, 0.4) is 0 Å². The Kier molecular flexibility index (Phi) is 5.59. The molecule has 80 valence electrons. The Morgan fingerprint density at radius 3 is 1.69 bits per heavy atom. The van der Waals surface area contributed by atoms with Crippen molar-refractivity contribution < 1.29 is 17.1 Å². The lowest BCUT2D eigenvalue weighted by molar-refractivity contribution is 0.0821. The van der Waals surface area contributed by atoms with E-state index in [0.717, 1.165) is 0 Å². The van der Waals surface area contributed by atoms with Gasteiger partial charge in [0, 0.05) is 14.2 Å². The highest BCUT2D eigenvalue weighted by Gasteiger charge is 2.45. The summed E-state index contributed by atoms with van der Waals surface area (Å²) in [7, 11) is -1.82.